The van der Waals surface area contributed by atoms with E-state index in [9.17, 15) is 18.3 Å². The highest BCUT2D eigenvalue weighted by Crippen LogP contribution is 2.34. The fourth-order valence-electron chi connectivity index (χ4n) is 2.64. The van der Waals surface area contributed by atoms with Crippen LogP contribution in [0, 0.1) is 11.7 Å². The molecule has 0 amide bonds. The van der Waals surface area contributed by atoms with Crippen molar-refractivity contribution in [3.05, 3.63) is 17.9 Å². The zero-order valence-electron chi connectivity index (χ0n) is 11.7. The van der Waals surface area contributed by atoms with Gasteiger partial charge in [0.1, 0.15) is 0 Å². The van der Waals surface area contributed by atoms with Gasteiger partial charge in [0, 0.05) is 25.2 Å². The molecule has 1 aromatic carbocycles. The van der Waals surface area contributed by atoms with Crippen molar-refractivity contribution in [3.63, 3.8) is 0 Å². The summed E-state index contributed by atoms with van der Waals surface area (Å²) < 4.78 is 42.2. The summed E-state index contributed by atoms with van der Waals surface area (Å²) in [4.78, 5) is 1.89. The zero-order chi connectivity index (χ0) is 15.6. The van der Waals surface area contributed by atoms with E-state index >= 15 is 0 Å². The van der Waals surface area contributed by atoms with Gasteiger partial charge in [0.05, 0.1) is 17.5 Å². The molecule has 3 N–H and O–H groups in total. The standard InChI is InChI=1S/C14H19F3N2O2/c1-8(20)9-2-4-19(5-3-9)12-7-13(21-14(16)17)10(15)6-11(12)18/h6-9,14,20H,2-5,18H2,1H3. The minimum Gasteiger partial charge on any atom is -0.432 e. The van der Waals surface area contributed by atoms with Crippen molar-refractivity contribution < 1.29 is 23.0 Å². The van der Waals surface area contributed by atoms with Gasteiger partial charge in [0.25, 0.3) is 0 Å². The first-order valence-electron chi connectivity index (χ1n) is 6.85. The van der Waals surface area contributed by atoms with Gasteiger partial charge in [0.2, 0.25) is 0 Å². The van der Waals surface area contributed by atoms with Gasteiger partial charge in [-0.3, -0.25) is 0 Å². The summed E-state index contributed by atoms with van der Waals surface area (Å²) in [6.45, 7) is -0.0860. The Morgan fingerprint density at radius 2 is 1.95 bits per heavy atom. The number of hydrogen-bond acceptors (Lipinski definition) is 4. The van der Waals surface area contributed by atoms with Gasteiger partial charge in [-0.2, -0.15) is 8.78 Å². The number of nitrogens with zero attached hydrogens (tertiary/aromatic N) is 1. The minimum atomic E-state index is -3.09. The van der Waals surface area contributed by atoms with Crippen molar-refractivity contribution in [2.45, 2.75) is 32.5 Å². The molecule has 21 heavy (non-hydrogen) atoms. The van der Waals surface area contributed by atoms with Crippen LogP contribution < -0.4 is 15.4 Å². The highest BCUT2D eigenvalue weighted by Gasteiger charge is 2.25. The third-order valence-electron chi connectivity index (χ3n) is 3.86. The lowest BCUT2D eigenvalue weighted by atomic mass is 9.92. The molecular weight excluding hydrogens is 285 g/mol. The van der Waals surface area contributed by atoms with Crippen LogP contribution in [0.3, 0.4) is 0 Å². The fourth-order valence-corrected chi connectivity index (χ4v) is 2.64. The number of alkyl halides is 2. The van der Waals surface area contributed by atoms with Crippen LogP contribution in [0.2, 0.25) is 0 Å². The Labute approximate surface area is 121 Å². The SMILES string of the molecule is CC(O)C1CCN(c2cc(OC(F)F)c(F)cc2N)CC1. The number of piperidine rings is 1. The molecule has 2 rings (SSSR count). The Kier molecular flexibility index (Phi) is 4.82. The van der Waals surface area contributed by atoms with Gasteiger partial charge >= 0.3 is 6.61 Å². The van der Waals surface area contributed by atoms with E-state index in [0.717, 1.165) is 18.9 Å². The molecule has 4 nitrogen and oxygen atoms in total. The molecule has 0 radical (unpaired) electrons. The number of benzene rings is 1. The van der Waals surface area contributed by atoms with Crippen LogP contribution in [0.5, 0.6) is 5.75 Å². The summed E-state index contributed by atoms with van der Waals surface area (Å²) >= 11 is 0. The number of ether oxygens (including phenoxy) is 1. The number of nitrogen functional groups attached to an aromatic ring is 1. The summed E-state index contributed by atoms with van der Waals surface area (Å²) in [5.74, 6) is -1.21. The maximum Gasteiger partial charge on any atom is 0.387 e. The predicted octanol–water partition coefficient (Wildman–Crippen LogP) is 2.61. The lowest BCUT2D eigenvalue weighted by molar-refractivity contribution is -0.0521. The van der Waals surface area contributed by atoms with Crippen molar-refractivity contribution in [1.29, 1.82) is 0 Å². The molecule has 1 aliphatic heterocycles. The van der Waals surface area contributed by atoms with Crippen LogP contribution in [0.4, 0.5) is 24.5 Å². The summed E-state index contributed by atoms with van der Waals surface area (Å²) in [7, 11) is 0. The molecular formula is C14H19F3N2O2. The molecule has 118 valence electrons. The number of aliphatic hydroxyl groups excluding tert-OH is 1. The highest BCUT2D eigenvalue weighted by molar-refractivity contribution is 5.70. The van der Waals surface area contributed by atoms with E-state index in [1.54, 1.807) is 6.92 Å². The van der Waals surface area contributed by atoms with E-state index in [1.165, 1.54) is 6.07 Å². The Morgan fingerprint density at radius 1 is 1.33 bits per heavy atom. The molecule has 1 heterocycles. The van der Waals surface area contributed by atoms with Crippen molar-refractivity contribution in [2.75, 3.05) is 23.7 Å². The highest BCUT2D eigenvalue weighted by atomic mass is 19.3. The fraction of sp³-hybridized carbons (Fsp3) is 0.571. The van der Waals surface area contributed by atoms with Crippen molar-refractivity contribution in [1.82, 2.24) is 0 Å². The molecule has 0 bridgehead atoms. The lowest BCUT2D eigenvalue weighted by Gasteiger charge is -2.35. The molecule has 0 saturated carbocycles. The normalized spacial score (nSPS) is 18.1. The van der Waals surface area contributed by atoms with Gasteiger partial charge in [-0.25, -0.2) is 4.39 Å². The summed E-state index contributed by atoms with van der Waals surface area (Å²) in [5.41, 5.74) is 6.44. The van der Waals surface area contributed by atoms with Crippen LogP contribution in [-0.4, -0.2) is 30.9 Å². The molecule has 0 aromatic heterocycles. The van der Waals surface area contributed by atoms with Gasteiger partial charge in [-0.15, -0.1) is 0 Å². The second kappa shape index (κ2) is 6.43. The molecule has 1 unspecified atom stereocenters. The van der Waals surface area contributed by atoms with Crippen LogP contribution >= 0.6 is 0 Å². The lowest BCUT2D eigenvalue weighted by Crippen LogP contribution is -2.37. The van der Waals surface area contributed by atoms with E-state index in [1.807, 2.05) is 4.90 Å². The number of hydrogen-bond donors (Lipinski definition) is 2. The number of anilines is 2. The van der Waals surface area contributed by atoms with Crippen LogP contribution in [0.1, 0.15) is 19.8 Å². The largest absolute Gasteiger partial charge is 0.432 e. The van der Waals surface area contributed by atoms with Crippen molar-refractivity contribution >= 4 is 11.4 Å². The first-order valence-corrected chi connectivity index (χ1v) is 6.85. The van der Waals surface area contributed by atoms with E-state index in [2.05, 4.69) is 4.74 Å². The second-order valence-electron chi connectivity index (χ2n) is 5.29. The van der Waals surface area contributed by atoms with E-state index in [0.29, 0.717) is 18.8 Å². The first kappa shape index (κ1) is 15.8. The van der Waals surface area contributed by atoms with Gasteiger partial charge in [-0.05, 0) is 25.7 Å². The molecule has 1 aliphatic rings. The third-order valence-corrected chi connectivity index (χ3v) is 3.86. The Morgan fingerprint density at radius 3 is 2.48 bits per heavy atom. The molecule has 1 atom stereocenters. The molecule has 7 heteroatoms. The van der Waals surface area contributed by atoms with Crippen LogP contribution in [0.15, 0.2) is 12.1 Å². The van der Waals surface area contributed by atoms with Crippen molar-refractivity contribution in [2.24, 2.45) is 5.92 Å². The first-order chi connectivity index (χ1) is 9.88. The van der Waals surface area contributed by atoms with E-state index in [4.69, 9.17) is 5.73 Å². The van der Waals surface area contributed by atoms with E-state index in [-0.39, 0.29) is 17.7 Å². The Balaban J connectivity index is 2.16. The van der Waals surface area contributed by atoms with Gasteiger partial charge in [0.15, 0.2) is 11.6 Å². The molecule has 1 aromatic rings. The summed E-state index contributed by atoms with van der Waals surface area (Å²) in [5, 5.41) is 9.57. The number of halogens is 3. The molecule has 0 spiro atoms. The monoisotopic (exact) mass is 304 g/mol. The Hall–Kier alpha value is -1.63. The number of nitrogens with two attached hydrogens (primary N) is 1. The molecule has 0 aliphatic carbocycles. The van der Waals surface area contributed by atoms with Gasteiger partial charge < -0.3 is 20.5 Å². The van der Waals surface area contributed by atoms with Crippen LogP contribution in [0.25, 0.3) is 0 Å². The quantitative estimate of drug-likeness (QED) is 0.840. The number of rotatable bonds is 4. The smallest absolute Gasteiger partial charge is 0.387 e. The Bertz CT molecular complexity index is 489. The van der Waals surface area contributed by atoms with Gasteiger partial charge in [-0.1, -0.05) is 0 Å². The third kappa shape index (κ3) is 3.72. The maximum absolute atomic E-state index is 13.5. The zero-order valence-corrected chi connectivity index (χ0v) is 11.7. The maximum atomic E-state index is 13.5. The topological polar surface area (TPSA) is 58.7 Å². The van der Waals surface area contributed by atoms with Crippen LogP contribution in [-0.2, 0) is 0 Å². The second-order valence-corrected chi connectivity index (χ2v) is 5.29. The summed E-state index contributed by atoms with van der Waals surface area (Å²) in [6.07, 6.45) is 1.15. The average molecular weight is 304 g/mol. The van der Waals surface area contributed by atoms with Crippen molar-refractivity contribution in [3.8, 4) is 5.75 Å². The number of aliphatic hydroxyl groups is 1. The van der Waals surface area contributed by atoms with E-state index < -0.39 is 18.2 Å². The predicted molar refractivity (Wildman–Crippen MR) is 74.1 cm³/mol. The molecule has 1 saturated heterocycles. The average Bonchev–Trinajstić information content (AvgIpc) is 2.41. The minimum absolute atomic E-state index is 0.185. The summed E-state index contributed by atoms with van der Waals surface area (Å²) in [6, 6.07) is 2.20. The molecule has 1 fully saturated rings.